The third kappa shape index (κ3) is 5.72. The molecule has 1 N–H and O–H groups in total. The summed E-state index contributed by atoms with van der Waals surface area (Å²) >= 11 is 0. The summed E-state index contributed by atoms with van der Waals surface area (Å²) in [6.45, 7) is 1.84. The van der Waals surface area contributed by atoms with Gasteiger partial charge in [0.1, 0.15) is 4.90 Å². The molecule has 0 spiro atoms. The van der Waals surface area contributed by atoms with E-state index in [0.29, 0.717) is 0 Å². The molecule has 2 unspecified atom stereocenters. The molecule has 3 nitrogen and oxygen atoms in total. The molecule has 146 valence electrons. The molecule has 0 bridgehead atoms. The number of benzene rings is 3. The highest BCUT2D eigenvalue weighted by molar-refractivity contribution is 7.87. The summed E-state index contributed by atoms with van der Waals surface area (Å²) in [5.74, 6) is 0. The van der Waals surface area contributed by atoms with Crippen LogP contribution in [0.3, 0.4) is 0 Å². The quantitative estimate of drug-likeness (QED) is 0.333. The van der Waals surface area contributed by atoms with Crippen molar-refractivity contribution >= 4 is 42.5 Å². The van der Waals surface area contributed by atoms with Crippen molar-refractivity contribution in [2.45, 2.75) is 18.2 Å². The van der Waals surface area contributed by atoms with E-state index in [1.165, 1.54) is 5.30 Å². The molecule has 0 aliphatic carbocycles. The topological polar surface area (TPSA) is 54.4 Å². The van der Waals surface area contributed by atoms with Crippen molar-refractivity contribution < 1.29 is 13.0 Å². The van der Waals surface area contributed by atoms with Crippen LogP contribution < -0.4 is 15.9 Å². The molecule has 0 amide bonds. The lowest BCUT2D eigenvalue weighted by atomic mass is 10.2. The molecule has 0 saturated heterocycles. The molecule has 3 aromatic carbocycles. The van der Waals surface area contributed by atoms with Gasteiger partial charge in [-0.3, -0.25) is 4.55 Å². The van der Waals surface area contributed by atoms with Crippen LogP contribution >= 0.6 is 16.5 Å². The van der Waals surface area contributed by atoms with Crippen LogP contribution in [0.1, 0.15) is 12.0 Å². The molecule has 0 aliphatic heterocycles. The Kier molecular flexibility index (Phi) is 7.37. The monoisotopic (exact) mass is 430 g/mol. The van der Waals surface area contributed by atoms with Gasteiger partial charge in [-0.15, -0.1) is 0 Å². The third-order valence-corrected chi connectivity index (χ3v) is 9.46. The van der Waals surface area contributed by atoms with Crippen LogP contribution in [0.2, 0.25) is 0 Å². The highest BCUT2D eigenvalue weighted by atomic mass is 32.2. The zero-order chi connectivity index (χ0) is 20.0. The lowest BCUT2D eigenvalue weighted by Gasteiger charge is -2.21. The maximum Gasteiger partial charge on any atom is 0.295 e. The standard InChI is InChI=1S/C22H24O3P2S/c1-18-13-14-21(22(17-18)28(23,24)25)27(20-11-6-3-7-12-20)16-8-15-26-19-9-4-2-5-10-19/h2-7,9-14,17,26H,8,15-16H2,1H3,(H,23,24,25). The Labute approximate surface area is 170 Å². The lowest BCUT2D eigenvalue weighted by molar-refractivity contribution is 0.484. The summed E-state index contributed by atoms with van der Waals surface area (Å²) in [6, 6.07) is 25.9. The Morgan fingerprint density at radius 3 is 2.21 bits per heavy atom. The Morgan fingerprint density at radius 1 is 0.929 bits per heavy atom. The van der Waals surface area contributed by atoms with Crippen molar-refractivity contribution in [2.24, 2.45) is 0 Å². The predicted molar refractivity (Wildman–Crippen MR) is 122 cm³/mol. The number of aryl methyl sites for hydroxylation is 1. The van der Waals surface area contributed by atoms with Crippen molar-refractivity contribution in [1.82, 2.24) is 0 Å². The van der Waals surface area contributed by atoms with Gasteiger partial charge in [0, 0.05) is 5.30 Å². The lowest BCUT2D eigenvalue weighted by Crippen LogP contribution is -2.21. The molecule has 3 aromatic rings. The first kappa shape index (κ1) is 21.1. The summed E-state index contributed by atoms with van der Waals surface area (Å²) in [5, 5.41) is 3.21. The van der Waals surface area contributed by atoms with Crippen LogP contribution in [0.4, 0.5) is 0 Å². The molecular weight excluding hydrogens is 406 g/mol. The highest BCUT2D eigenvalue weighted by Crippen LogP contribution is 2.37. The normalized spacial score (nSPS) is 13.1. The van der Waals surface area contributed by atoms with Gasteiger partial charge < -0.3 is 0 Å². The van der Waals surface area contributed by atoms with Crippen LogP contribution in [0, 0.1) is 6.92 Å². The average Bonchev–Trinajstić information content (AvgIpc) is 2.69. The van der Waals surface area contributed by atoms with Crippen LogP contribution in [-0.4, -0.2) is 25.3 Å². The molecule has 0 aromatic heterocycles. The van der Waals surface area contributed by atoms with Gasteiger partial charge in [0.15, 0.2) is 0 Å². The van der Waals surface area contributed by atoms with E-state index in [4.69, 9.17) is 0 Å². The van der Waals surface area contributed by atoms with Crippen molar-refractivity contribution in [1.29, 1.82) is 0 Å². The van der Waals surface area contributed by atoms with E-state index in [1.807, 2.05) is 43.3 Å². The van der Waals surface area contributed by atoms with E-state index in [9.17, 15) is 13.0 Å². The molecule has 0 heterocycles. The van der Waals surface area contributed by atoms with Gasteiger partial charge in [0.2, 0.25) is 0 Å². The minimum Gasteiger partial charge on any atom is -0.282 e. The first-order valence-electron chi connectivity index (χ1n) is 9.15. The van der Waals surface area contributed by atoms with Gasteiger partial charge in [-0.25, -0.2) is 0 Å². The molecule has 3 rings (SSSR count). The van der Waals surface area contributed by atoms with Crippen LogP contribution in [0.15, 0.2) is 83.8 Å². The van der Waals surface area contributed by atoms with Crippen LogP contribution in [0.25, 0.3) is 0 Å². The molecule has 0 saturated carbocycles. The van der Waals surface area contributed by atoms with Gasteiger partial charge in [-0.2, -0.15) is 8.42 Å². The minimum atomic E-state index is -4.26. The first-order valence-corrected chi connectivity index (χ1v) is 13.3. The number of hydrogen-bond donors (Lipinski definition) is 1. The second kappa shape index (κ2) is 9.76. The van der Waals surface area contributed by atoms with Gasteiger partial charge in [-0.1, -0.05) is 81.4 Å². The maximum absolute atomic E-state index is 12.0. The average molecular weight is 430 g/mol. The fourth-order valence-corrected chi connectivity index (χ4v) is 8.15. The van der Waals surface area contributed by atoms with Gasteiger partial charge >= 0.3 is 0 Å². The van der Waals surface area contributed by atoms with E-state index >= 15 is 0 Å². The van der Waals surface area contributed by atoms with Gasteiger partial charge in [0.05, 0.1) is 0 Å². The Balaban J connectivity index is 1.85. The smallest absolute Gasteiger partial charge is 0.282 e. The zero-order valence-corrected chi connectivity index (χ0v) is 18.5. The van der Waals surface area contributed by atoms with Crippen LogP contribution in [0.5, 0.6) is 0 Å². The Hall–Kier alpha value is -1.57. The fraction of sp³-hybridized carbons (Fsp3) is 0.182. The van der Waals surface area contributed by atoms with E-state index in [0.717, 1.165) is 43.5 Å². The summed E-state index contributed by atoms with van der Waals surface area (Å²) < 4.78 is 33.8. The van der Waals surface area contributed by atoms with Gasteiger partial charge in [-0.05, 0) is 55.8 Å². The van der Waals surface area contributed by atoms with Crippen molar-refractivity contribution in [3.05, 3.63) is 84.4 Å². The molecule has 0 radical (unpaired) electrons. The van der Waals surface area contributed by atoms with Crippen molar-refractivity contribution in [3.8, 4) is 0 Å². The largest absolute Gasteiger partial charge is 0.295 e. The molecule has 2 atom stereocenters. The number of hydrogen-bond acceptors (Lipinski definition) is 2. The summed E-state index contributed by atoms with van der Waals surface area (Å²) in [7, 11) is -4.38. The summed E-state index contributed by atoms with van der Waals surface area (Å²) in [4.78, 5) is 0.0490. The molecule has 6 heteroatoms. The van der Waals surface area contributed by atoms with E-state index in [-0.39, 0.29) is 4.90 Å². The van der Waals surface area contributed by atoms with Gasteiger partial charge in [0.25, 0.3) is 10.1 Å². The third-order valence-electron chi connectivity index (χ3n) is 4.41. The van der Waals surface area contributed by atoms with E-state index < -0.39 is 18.0 Å². The predicted octanol–water partition coefficient (Wildman–Crippen LogP) is 4.07. The summed E-state index contributed by atoms with van der Waals surface area (Å²) in [5.41, 5.74) is 0.824. The number of rotatable bonds is 8. The van der Waals surface area contributed by atoms with Crippen molar-refractivity contribution in [2.75, 3.05) is 12.3 Å². The first-order chi connectivity index (χ1) is 13.4. The second-order valence-electron chi connectivity index (χ2n) is 6.58. The molecule has 28 heavy (non-hydrogen) atoms. The van der Waals surface area contributed by atoms with E-state index in [2.05, 4.69) is 36.4 Å². The maximum atomic E-state index is 12.0. The summed E-state index contributed by atoms with van der Waals surface area (Å²) in [6.07, 6.45) is 2.97. The minimum absolute atomic E-state index is 0.0490. The molecule has 0 aliphatic rings. The fourth-order valence-electron chi connectivity index (χ4n) is 3.07. The SMILES string of the molecule is Cc1ccc(P(CCCPc2ccccc2)c2ccccc2)c(S(=O)(=O)O)c1. The zero-order valence-electron chi connectivity index (χ0n) is 15.7. The van der Waals surface area contributed by atoms with E-state index in [1.54, 1.807) is 6.07 Å². The molecule has 0 fully saturated rings. The Morgan fingerprint density at radius 2 is 1.57 bits per heavy atom. The second-order valence-corrected chi connectivity index (χ2v) is 11.7. The van der Waals surface area contributed by atoms with Crippen LogP contribution in [-0.2, 0) is 10.1 Å². The molecular formula is C22H24O3P2S. The van der Waals surface area contributed by atoms with Crippen molar-refractivity contribution in [3.63, 3.8) is 0 Å². The Bertz CT molecular complexity index is 1010. The highest BCUT2D eigenvalue weighted by Gasteiger charge is 2.23.